The van der Waals surface area contributed by atoms with Crippen molar-refractivity contribution in [3.8, 4) is 0 Å². The molecule has 1 aliphatic heterocycles. The molecule has 0 aromatic heterocycles. The summed E-state index contributed by atoms with van der Waals surface area (Å²) >= 11 is 0. The van der Waals surface area contributed by atoms with Gasteiger partial charge in [-0.25, -0.2) is 0 Å². The van der Waals surface area contributed by atoms with Crippen LogP contribution >= 0.6 is 0 Å². The molecule has 0 aromatic carbocycles. The SMILES string of the molecule is CC1(C)C2OCCC2C1(N)C(=O)NCCC(=O)O. The highest BCUT2D eigenvalue weighted by molar-refractivity contribution is 5.89. The highest BCUT2D eigenvalue weighted by atomic mass is 16.5. The first-order valence-electron chi connectivity index (χ1n) is 6.22. The zero-order valence-electron chi connectivity index (χ0n) is 10.7. The van der Waals surface area contributed by atoms with Crippen LogP contribution in [0.25, 0.3) is 0 Å². The van der Waals surface area contributed by atoms with Crippen molar-refractivity contribution in [1.82, 2.24) is 5.32 Å². The molecule has 1 aliphatic carbocycles. The third-order valence-corrected chi connectivity index (χ3v) is 4.45. The van der Waals surface area contributed by atoms with Crippen LogP contribution in [0.15, 0.2) is 0 Å². The number of fused-ring (bicyclic) bond motifs is 1. The number of hydrogen-bond acceptors (Lipinski definition) is 4. The number of carbonyl (C=O) groups excluding carboxylic acids is 1. The van der Waals surface area contributed by atoms with Crippen molar-refractivity contribution in [2.75, 3.05) is 13.2 Å². The molecule has 1 heterocycles. The molecule has 18 heavy (non-hydrogen) atoms. The van der Waals surface area contributed by atoms with Gasteiger partial charge in [-0.3, -0.25) is 9.59 Å². The topological polar surface area (TPSA) is 102 Å². The molecule has 1 saturated carbocycles. The van der Waals surface area contributed by atoms with Crippen LogP contribution in [0.4, 0.5) is 0 Å². The van der Waals surface area contributed by atoms with Gasteiger partial charge in [0.25, 0.3) is 0 Å². The fraction of sp³-hybridized carbons (Fsp3) is 0.833. The van der Waals surface area contributed by atoms with Crippen molar-refractivity contribution in [3.05, 3.63) is 0 Å². The Bertz CT molecular complexity index is 382. The largest absolute Gasteiger partial charge is 0.481 e. The Kier molecular flexibility index (Phi) is 3.11. The Hall–Kier alpha value is -1.14. The summed E-state index contributed by atoms with van der Waals surface area (Å²) < 4.78 is 5.60. The highest BCUT2D eigenvalue weighted by Gasteiger charge is 2.71. The number of nitrogens with two attached hydrogens (primary N) is 1. The van der Waals surface area contributed by atoms with E-state index in [1.54, 1.807) is 0 Å². The molecule has 1 amide bonds. The predicted molar refractivity (Wildman–Crippen MR) is 63.8 cm³/mol. The Morgan fingerprint density at radius 1 is 1.50 bits per heavy atom. The van der Waals surface area contributed by atoms with Crippen LogP contribution in [-0.4, -0.2) is 41.8 Å². The molecule has 4 N–H and O–H groups in total. The number of amides is 1. The van der Waals surface area contributed by atoms with Crippen molar-refractivity contribution < 1.29 is 19.4 Å². The van der Waals surface area contributed by atoms with E-state index in [0.717, 1.165) is 6.42 Å². The van der Waals surface area contributed by atoms with E-state index in [9.17, 15) is 9.59 Å². The van der Waals surface area contributed by atoms with Gasteiger partial charge in [0.2, 0.25) is 5.91 Å². The molecule has 2 aliphatic rings. The van der Waals surface area contributed by atoms with E-state index in [0.29, 0.717) is 6.61 Å². The molecule has 6 heteroatoms. The van der Waals surface area contributed by atoms with Crippen LogP contribution in [-0.2, 0) is 14.3 Å². The first-order valence-corrected chi connectivity index (χ1v) is 6.22. The van der Waals surface area contributed by atoms with Gasteiger partial charge in [0.15, 0.2) is 0 Å². The summed E-state index contributed by atoms with van der Waals surface area (Å²) in [5.74, 6) is -1.16. The van der Waals surface area contributed by atoms with Crippen LogP contribution in [0.2, 0.25) is 0 Å². The van der Waals surface area contributed by atoms with E-state index in [4.69, 9.17) is 15.6 Å². The highest BCUT2D eigenvalue weighted by Crippen LogP contribution is 2.58. The van der Waals surface area contributed by atoms with Gasteiger partial charge in [-0.15, -0.1) is 0 Å². The lowest BCUT2D eigenvalue weighted by Crippen LogP contribution is -2.80. The van der Waals surface area contributed by atoms with Crippen LogP contribution in [0.5, 0.6) is 0 Å². The summed E-state index contributed by atoms with van der Waals surface area (Å²) in [6.45, 7) is 4.61. The fourth-order valence-electron chi connectivity index (χ4n) is 3.27. The zero-order chi connectivity index (χ0) is 13.6. The number of ether oxygens (including phenoxy) is 1. The van der Waals surface area contributed by atoms with Gasteiger partial charge in [0.1, 0.15) is 5.54 Å². The number of carboxylic acids is 1. The minimum atomic E-state index is -0.952. The van der Waals surface area contributed by atoms with Gasteiger partial charge in [0, 0.05) is 24.5 Å². The molecular formula is C12H20N2O4. The van der Waals surface area contributed by atoms with Crippen molar-refractivity contribution in [3.63, 3.8) is 0 Å². The average molecular weight is 256 g/mol. The lowest BCUT2D eigenvalue weighted by atomic mass is 9.48. The van der Waals surface area contributed by atoms with E-state index < -0.39 is 16.9 Å². The van der Waals surface area contributed by atoms with Crippen molar-refractivity contribution in [2.24, 2.45) is 17.1 Å². The number of carboxylic acid groups (broad SMARTS) is 1. The average Bonchev–Trinajstić information content (AvgIpc) is 2.74. The maximum Gasteiger partial charge on any atom is 0.305 e. The summed E-state index contributed by atoms with van der Waals surface area (Å²) in [6, 6.07) is 0. The second-order valence-corrected chi connectivity index (χ2v) is 5.68. The predicted octanol–water partition coefficient (Wildman–Crippen LogP) is -0.280. The molecule has 0 spiro atoms. The summed E-state index contributed by atoms with van der Waals surface area (Å²) in [5.41, 5.74) is 4.92. The van der Waals surface area contributed by atoms with Gasteiger partial charge in [-0.2, -0.15) is 0 Å². The monoisotopic (exact) mass is 256 g/mol. The summed E-state index contributed by atoms with van der Waals surface area (Å²) in [5, 5.41) is 11.2. The van der Waals surface area contributed by atoms with Gasteiger partial charge in [-0.05, 0) is 6.42 Å². The zero-order valence-corrected chi connectivity index (χ0v) is 10.7. The Morgan fingerprint density at radius 3 is 2.78 bits per heavy atom. The third kappa shape index (κ3) is 1.63. The van der Waals surface area contributed by atoms with E-state index in [1.807, 2.05) is 13.8 Å². The van der Waals surface area contributed by atoms with Crippen LogP contribution in [0, 0.1) is 11.3 Å². The molecular weight excluding hydrogens is 236 g/mol. The fourth-order valence-corrected chi connectivity index (χ4v) is 3.27. The van der Waals surface area contributed by atoms with Crippen molar-refractivity contribution >= 4 is 11.9 Å². The van der Waals surface area contributed by atoms with Crippen LogP contribution in [0.3, 0.4) is 0 Å². The standard InChI is InChI=1S/C12H20N2O4/c1-11(2)9-7(4-6-18-9)12(11,13)10(17)14-5-3-8(15)16/h7,9H,3-6,13H2,1-2H3,(H,14,17)(H,15,16). The Morgan fingerprint density at radius 2 is 2.17 bits per heavy atom. The molecule has 1 saturated heterocycles. The first-order chi connectivity index (χ1) is 8.31. The number of rotatable bonds is 4. The quantitative estimate of drug-likeness (QED) is 0.642. The van der Waals surface area contributed by atoms with E-state index in [2.05, 4.69) is 5.32 Å². The van der Waals surface area contributed by atoms with E-state index in [-0.39, 0.29) is 30.9 Å². The molecule has 2 rings (SSSR count). The van der Waals surface area contributed by atoms with Crippen molar-refractivity contribution in [1.29, 1.82) is 0 Å². The lowest BCUT2D eigenvalue weighted by Gasteiger charge is -2.60. The summed E-state index contributed by atoms with van der Waals surface area (Å²) in [7, 11) is 0. The number of carbonyl (C=O) groups is 2. The second-order valence-electron chi connectivity index (χ2n) is 5.68. The Balaban J connectivity index is 2.02. The molecule has 0 radical (unpaired) electrons. The Labute approximate surface area is 106 Å². The van der Waals surface area contributed by atoms with Crippen LogP contribution < -0.4 is 11.1 Å². The molecule has 3 atom stereocenters. The normalized spacial score (nSPS) is 36.6. The van der Waals surface area contributed by atoms with E-state index >= 15 is 0 Å². The molecule has 0 aromatic rings. The lowest BCUT2D eigenvalue weighted by molar-refractivity contribution is -0.175. The summed E-state index contributed by atoms with van der Waals surface area (Å²) in [6.07, 6.45) is 0.733. The van der Waals surface area contributed by atoms with Gasteiger partial charge in [0.05, 0.1) is 12.5 Å². The maximum atomic E-state index is 12.2. The van der Waals surface area contributed by atoms with Crippen molar-refractivity contribution in [2.45, 2.75) is 38.3 Å². The van der Waals surface area contributed by atoms with Crippen LogP contribution in [0.1, 0.15) is 26.7 Å². The molecule has 2 fully saturated rings. The van der Waals surface area contributed by atoms with Gasteiger partial charge < -0.3 is 20.9 Å². The molecule has 6 nitrogen and oxygen atoms in total. The first kappa shape index (κ1) is 13.3. The smallest absolute Gasteiger partial charge is 0.305 e. The second kappa shape index (κ2) is 4.20. The van der Waals surface area contributed by atoms with E-state index in [1.165, 1.54) is 0 Å². The number of aliphatic carboxylic acids is 1. The molecule has 3 unspecified atom stereocenters. The third-order valence-electron chi connectivity index (χ3n) is 4.45. The summed E-state index contributed by atoms with van der Waals surface area (Å²) in [4.78, 5) is 22.6. The minimum absolute atomic E-state index is 0.0349. The maximum absolute atomic E-state index is 12.2. The molecule has 0 bridgehead atoms. The number of hydrogen-bond donors (Lipinski definition) is 3. The number of nitrogens with one attached hydrogen (secondary N) is 1. The van der Waals surface area contributed by atoms with Gasteiger partial charge in [-0.1, -0.05) is 13.8 Å². The van der Waals surface area contributed by atoms with Gasteiger partial charge >= 0.3 is 5.97 Å². The molecule has 102 valence electrons. The minimum Gasteiger partial charge on any atom is -0.481 e.